The van der Waals surface area contributed by atoms with Crippen LogP contribution in [0.5, 0.6) is 5.75 Å². The zero-order valence-electron chi connectivity index (χ0n) is 21.6. The highest BCUT2D eigenvalue weighted by atomic mass is 35.5. The lowest BCUT2D eigenvalue weighted by Crippen LogP contribution is -2.19. The van der Waals surface area contributed by atoms with Crippen LogP contribution in [-0.4, -0.2) is 35.9 Å². The van der Waals surface area contributed by atoms with Crippen molar-refractivity contribution in [2.24, 2.45) is 0 Å². The molecular formula is C31H37ClN2O3. The lowest BCUT2D eigenvalue weighted by Gasteiger charge is -2.22. The number of aromatic nitrogens is 1. The molecule has 2 aliphatic carbocycles. The first-order valence-corrected chi connectivity index (χ1v) is 13.9. The largest absolute Gasteiger partial charge is 0.490 e. The molecule has 5 rings (SSSR count). The van der Waals surface area contributed by atoms with Crippen LogP contribution in [0.3, 0.4) is 0 Å². The minimum Gasteiger partial charge on any atom is -0.490 e. The topological polar surface area (TPSA) is 63.6 Å². The van der Waals surface area contributed by atoms with Gasteiger partial charge < -0.3 is 19.9 Å². The van der Waals surface area contributed by atoms with Gasteiger partial charge in [-0.2, -0.15) is 0 Å². The molecule has 0 radical (unpaired) electrons. The van der Waals surface area contributed by atoms with E-state index >= 15 is 0 Å². The molecular weight excluding hydrogens is 484 g/mol. The Morgan fingerprint density at radius 3 is 2.68 bits per heavy atom. The number of pyridine rings is 1. The van der Waals surface area contributed by atoms with E-state index in [9.17, 15) is 0 Å². The first kappa shape index (κ1) is 26.2. The third-order valence-corrected chi connectivity index (χ3v) is 7.71. The molecule has 0 spiro atoms. The van der Waals surface area contributed by atoms with Gasteiger partial charge in [-0.3, -0.25) is 4.98 Å². The second-order valence-corrected chi connectivity index (χ2v) is 10.7. The SMILES string of the molecule is Cc1cc(COC2(c3cnccc3-c3ccccc3OC3CC3)CC2)c(Cl)cc1CCCCNCCO. The molecule has 2 fully saturated rings. The number of nitrogens with one attached hydrogen (secondary N) is 1. The summed E-state index contributed by atoms with van der Waals surface area (Å²) >= 11 is 6.73. The number of ether oxygens (including phenoxy) is 2. The highest BCUT2D eigenvalue weighted by molar-refractivity contribution is 6.31. The molecule has 0 saturated heterocycles. The van der Waals surface area contributed by atoms with Crippen molar-refractivity contribution >= 4 is 11.6 Å². The number of unbranched alkanes of at least 4 members (excludes halogenated alkanes) is 1. The van der Waals surface area contributed by atoms with E-state index in [1.54, 1.807) is 0 Å². The van der Waals surface area contributed by atoms with E-state index < -0.39 is 0 Å². The number of rotatable bonds is 14. The van der Waals surface area contributed by atoms with Gasteiger partial charge in [0.15, 0.2) is 0 Å². The lowest BCUT2D eigenvalue weighted by atomic mass is 9.96. The van der Waals surface area contributed by atoms with E-state index in [1.165, 1.54) is 11.1 Å². The normalized spacial score (nSPS) is 16.1. The van der Waals surface area contributed by atoms with Crippen LogP contribution in [0, 0.1) is 6.92 Å². The summed E-state index contributed by atoms with van der Waals surface area (Å²) in [4.78, 5) is 4.47. The summed E-state index contributed by atoms with van der Waals surface area (Å²) in [5, 5.41) is 12.9. The van der Waals surface area contributed by atoms with Crippen LogP contribution in [0.15, 0.2) is 54.9 Å². The van der Waals surface area contributed by atoms with Crippen LogP contribution in [0.4, 0.5) is 0 Å². The van der Waals surface area contributed by atoms with Gasteiger partial charge in [0.05, 0.1) is 24.9 Å². The molecule has 37 heavy (non-hydrogen) atoms. The van der Waals surface area contributed by atoms with Gasteiger partial charge in [-0.25, -0.2) is 0 Å². The number of aliphatic hydroxyl groups is 1. The summed E-state index contributed by atoms with van der Waals surface area (Å²) in [7, 11) is 0. The Morgan fingerprint density at radius 1 is 1.05 bits per heavy atom. The van der Waals surface area contributed by atoms with Crippen molar-refractivity contribution in [3.63, 3.8) is 0 Å². The van der Waals surface area contributed by atoms with Gasteiger partial charge in [-0.1, -0.05) is 35.9 Å². The van der Waals surface area contributed by atoms with Gasteiger partial charge in [0.2, 0.25) is 0 Å². The second kappa shape index (κ2) is 12.0. The zero-order valence-corrected chi connectivity index (χ0v) is 22.4. The first-order valence-electron chi connectivity index (χ1n) is 13.5. The predicted octanol–water partition coefficient (Wildman–Crippen LogP) is 6.36. The molecule has 2 aliphatic rings. The average molecular weight is 521 g/mol. The maximum Gasteiger partial charge on any atom is 0.127 e. The van der Waals surface area contributed by atoms with Gasteiger partial charge in [0.1, 0.15) is 5.75 Å². The molecule has 5 nitrogen and oxygen atoms in total. The molecule has 1 heterocycles. The minimum atomic E-state index is -0.340. The monoisotopic (exact) mass is 520 g/mol. The van der Waals surface area contributed by atoms with Gasteiger partial charge in [-0.15, -0.1) is 0 Å². The third kappa shape index (κ3) is 6.53. The molecule has 0 bridgehead atoms. The van der Waals surface area contributed by atoms with E-state index in [-0.39, 0.29) is 12.2 Å². The standard InChI is InChI=1S/C31H37ClN2O3/c1-22-18-24(29(32)19-23(22)6-4-5-14-33-16-17-35)21-36-31(12-13-31)28-20-34-15-11-26(28)27-7-2-3-8-30(27)37-25-9-10-25/h2-3,7-8,11,15,18-20,25,33,35H,4-6,9-10,12-14,16-17,21H2,1H3. The van der Waals surface area contributed by atoms with Gasteiger partial charge in [0, 0.05) is 35.1 Å². The van der Waals surface area contributed by atoms with Crippen LogP contribution in [0.2, 0.25) is 5.02 Å². The van der Waals surface area contributed by atoms with Gasteiger partial charge in [-0.05, 0) is 98.9 Å². The fourth-order valence-electron chi connectivity index (χ4n) is 4.90. The van der Waals surface area contributed by atoms with Crippen molar-refractivity contribution in [1.29, 1.82) is 0 Å². The highest BCUT2D eigenvalue weighted by Crippen LogP contribution is 2.53. The van der Waals surface area contributed by atoms with Crippen molar-refractivity contribution in [3.8, 4) is 16.9 Å². The van der Waals surface area contributed by atoms with Crippen molar-refractivity contribution in [2.45, 2.75) is 70.2 Å². The molecule has 2 saturated carbocycles. The summed E-state index contributed by atoms with van der Waals surface area (Å²) in [6.45, 7) is 4.39. The lowest BCUT2D eigenvalue weighted by molar-refractivity contribution is 0.0173. The number of benzene rings is 2. The summed E-state index contributed by atoms with van der Waals surface area (Å²) in [6.07, 6.45) is 11.5. The quantitative estimate of drug-likeness (QED) is 0.242. The molecule has 0 aliphatic heterocycles. The highest BCUT2D eigenvalue weighted by Gasteiger charge is 2.47. The molecule has 2 N–H and O–H groups in total. The Bertz CT molecular complexity index is 1210. The molecule has 0 unspecified atom stereocenters. The summed E-state index contributed by atoms with van der Waals surface area (Å²) in [5.41, 5.74) is 6.60. The van der Waals surface area contributed by atoms with Gasteiger partial charge in [0.25, 0.3) is 0 Å². The van der Waals surface area contributed by atoms with Crippen LogP contribution in [0.25, 0.3) is 11.1 Å². The third-order valence-electron chi connectivity index (χ3n) is 7.36. The van der Waals surface area contributed by atoms with Crippen LogP contribution in [0.1, 0.15) is 60.8 Å². The summed E-state index contributed by atoms with van der Waals surface area (Å²) < 4.78 is 12.9. The van der Waals surface area contributed by atoms with Gasteiger partial charge >= 0.3 is 0 Å². The van der Waals surface area contributed by atoms with E-state index in [0.717, 1.165) is 84.5 Å². The Hall–Kier alpha value is -2.44. The van der Waals surface area contributed by atoms with E-state index in [0.29, 0.717) is 19.3 Å². The predicted molar refractivity (Wildman–Crippen MR) is 148 cm³/mol. The minimum absolute atomic E-state index is 0.184. The Morgan fingerprint density at radius 2 is 1.89 bits per heavy atom. The van der Waals surface area contributed by atoms with Crippen molar-refractivity contribution in [2.75, 3.05) is 19.7 Å². The van der Waals surface area contributed by atoms with E-state index in [2.05, 4.69) is 53.6 Å². The molecule has 6 heteroatoms. The number of para-hydroxylation sites is 1. The van der Waals surface area contributed by atoms with E-state index in [4.69, 9.17) is 26.2 Å². The molecule has 1 aromatic heterocycles. The smallest absolute Gasteiger partial charge is 0.127 e. The number of aliphatic hydroxyl groups excluding tert-OH is 1. The number of hydrogen-bond donors (Lipinski definition) is 2. The molecule has 2 aromatic carbocycles. The first-order chi connectivity index (χ1) is 18.1. The Labute approximate surface area is 225 Å². The fourth-order valence-corrected chi connectivity index (χ4v) is 5.14. The molecule has 0 amide bonds. The maximum atomic E-state index is 8.87. The van der Waals surface area contributed by atoms with Crippen molar-refractivity contribution < 1.29 is 14.6 Å². The molecule has 0 atom stereocenters. The van der Waals surface area contributed by atoms with E-state index in [1.807, 2.05) is 18.5 Å². The molecule has 3 aromatic rings. The summed E-state index contributed by atoms with van der Waals surface area (Å²) in [5.74, 6) is 0.937. The van der Waals surface area contributed by atoms with Crippen LogP contribution in [-0.2, 0) is 23.4 Å². The van der Waals surface area contributed by atoms with Crippen LogP contribution < -0.4 is 10.1 Å². The summed E-state index contributed by atoms with van der Waals surface area (Å²) in [6, 6.07) is 14.7. The maximum absolute atomic E-state index is 8.87. The Kier molecular flexibility index (Phi) is 8.46. The zero-order chi connectivity index (χ0) is 25.7. The number of nitrogens with zero attached hydrogens (tertiary/aromatic N) is 1. The van der Waals surface area contributed by atoms with Crippen molar-refractivity contribution in [3.05, 3.63) is 82.1 Å². The fraction of sp³-hybridized carbons (Fsp3) is 0.452. The number of halogens is 1. The average Bonchev–Trinajstić information content (AvgIpc) is 3.85. The number of aryl methyl sites for hydroxylation is 2. The number of hydrogen-bond acceptors (Lipinski definition) is 5. The van der Waals surface area contributed by atoms with Crippen LogP contribution >= 0.6 is 11.6 Å². The van der Waals surface area contributed by atoms with Crippen molar-refractivity contribution in [1.82, 2.24) is 10.3 Å². The second-order valence-electron chi connectivity index (χ2n) is 10.3. The Balaban J connectivity index is 1.27. The molecule has 196 valence electrons.